The summed E-state index contributed by atoms with van der Waals surface area (Å²) in [5.74, 6) is 4.85. The number of nitrogens with one attached hydrogen (secondary N) is 1. The number of rotatable bonds is 5. The second-order valence-corrected chi connectivity index (χ2v) is 8.17. The summed E-state index contributed by atoms with van der Waals surface area (Å²) in [6.45, 7) is 8.15. The average Bonchev–Trinajstić information content (AvgIpc) is 2.87. The maximum absolute atomic E-state index is 4.88. The van der Waals surface area contributed by atoms with Crippen molar-refractivity contribution >= 4 is 29.9 Å². The minimum Gasteiger partial charge on any atom is -0.357 e. The van der Waals surface area contributed by atoms with Gasteiger partial charge in [-0.25, -0.2) is 4.99 Å². The Balaban J connectivity index is 0.00000261. The third-order valence-corrected chi connectivity index (χ3v) is 5.92. The van der Waals surface area contributed by atoms with Crippen LogP contribution in [-0.2, 0) is 19.5 Å². The number of hydrogen-bond donors (Lipinski definition) is 1. The number of aromatic nitrogens is 3. The zero-order valence-corrected chi connectivity index (χ0v) is 19.6. The molecule has 3 rings (SSSR count). The molecule has 1 aliphatic heterocycles. The van der Waals surface area contributed by atoms with Crippen molar-refractivity contribution in [2.24, 2.45) is 16.8 Å². The first kappa shape index (κ1) is 22.4. The van der Waals surface area contributed by atoms with E-state index < -0.39 is 0 Å². The fourth-order valence-corrected chi connectivity index (χ4v) is 4.26. The number of aryl methyl sites for hydroxylation is 1. The molecule has 0 amide bonds. The fraction of sp³-hybridized carbons (Fsp3) is 0.850. The van der Waals surface area contributed by atoms with Crippen molar-refractivity contribution in [1.82, 2.24) is 25.0 Å². The van der Waals surface area contributed by atoms with E-state index in [1.807, 2.05) is 0 Å². The van der Waals surface area contributed by atoms with Crippen LogP contribution in [0.5, 0.6) is 0 Å². The molecule has 0 bridgehead atoms. The van der Waals surface area contributed by atoms with Crippen LogP contribution >= 0.6 is 24.0 Å². The van der Waals surface area contributed by atoms with E-state index in [-0.39, 0.29) is 24.0 Å². The molecule has 1 saturated carbocycles. The molecule has 154 valence electrons. The Morgan fingerprint density at radius 1 is 1.19 bits per heavy atom. The van der Waals surface area contributed by atoms with Gasteiger partial charge in [-0.05, 0) is 44.4 Å². The molecule has 7 heteroatoms. The zero-order valence-electron chi connectivity index (χ0n) is 17.3. The van der Waals surface area contributed by atoms with Gasteiger partial charge in [0.2, 0.25) is 0 Å². The van der Waals surface area contributed by atoms with E-state index in [4.69, 9.17) is 4.99 Å². The van der Waals surface area contributed by atoms with Gasteiger partial charge in [0, 0.05) is 33.1 Å². The topological polar surface area (TPSA) is 58.3 Å². The van der Waals surface area contributed by atoms with Crippen LogP contribution in [-0.4, -0.2) is 45.8 Å². The molecule has 1 fully saturated rings. The molecule has 0 saturated heterocycles. The summed E-state index contributed by atoms with van der Waals surface area (Å²) >= 11 is 0. The molecule has 1 aliphatic carbocycles. The predicted molar refractivity (Wildman–Crippen MR) is 122 cm³/mol. The molecule has 0 aromatic carbocycles. The van der Waals surface area contributed by atoms with Gasteiger partial charge >= 0.3 is 0 Å². The third-order valence-electron chi connectivity index (χ3n) is 5.92. The molecule has 0 spiro atoms. The number of hydrogen-bond acceptors (Lipinski definition) is 3. The van der Waals surface area contributed by atoms with E-state index in [1.54, 1.807) is 0 Å². The molecule has 2 heterocycles. The van der Waals surface area contributed by atoms with E-state index in [1.165, 1.54) is 44.9 Å². The van der Waals surface area contributed by atoms with Crippen molar-refractivity contribution in [3.05, 3.63) is 11.6 Å². The second-order valence-electron chi connectivity index (χ2n) is 8.17. The number of halogens is 1. The van der Waals surface area contributed by atoms with Crippen LogP contribution in [0.15, 0.2) is 4.99 Å². The van der Waals surface area contributed by atoms with Crippen LogP contribution in [0.2, 0.25) is 0 Å². The van der Waals surface area contributed by atoms with Crippen molar-refractivity contribution in [3.8, 4) is 0 Å². The van der Waals surface area contributed by atoms with Gasteiger partial charge in [0.05, 0.1) is 0 Å². The zero-order chi connectivity index (χ0) is 18.4. The largest absolute Gasteiger partial charge is 0.357 e. The maximum atomic E-state index is 4.88. The van der Waals surface area contributed by atoms with Crippen LogP contribution < -0.4 is 5.32 Å². The molecule has 1 aromatic rings. The molecule has 1 N–H and O–H groups in total. The third kappa shape index (κ3) is 6.32. The number of guanidine groups is 1. The normalized spacial score (nSPS) is 23.1. The first-order valence-corrected chi connectivity index (χ1v) is 10.6. The summed E-state index contributed by atoms with van der Waals surface area (Å²) in [6.07, 6.45) is 10.2. The van der Waals surface area contributed by atoms with Crippen LogP contribution in [0.4, 0.5) is 0 Å². The molecule has 0 atom stereocenters. The van der Waals surface area contributed by atoms with Crippen molar-refractivity contribution in [2.45, 2.75) is 78.3 Å². The quantitative estimate of drug-likeness (QED) is 0.389. The fourth-order valence-electron chi connectivity index (χ4n) is 4.26. The van der Waals surface area contributed by atoms with E-state index in [0.717, 1.165) is 55.5 Å². The lowest BCUT2D eigenvalue weighted by Gasteiger charge is -2.31. The first-order chi connectivity index (χ1) is 12.7. The number of nitrogens with zero attached hydrogens (tertiary/aromatic N) is 5. The Morgan fingerprint density at radius 2 is 1.96 bits per heavy atom. The highest BCUT2D eigenvalue weighted by Crippen LogP contribution is 2.28. The summed E-state index contributed by atoms with van der Waals surface area (Å²) in [6, 6.07) is 0. The summed E-state index contributed by atoms with van der Waals surface area (Å²) in [7, 11) is 2.17. The molecular formula is C20H37IN6. The minimum atomic E-state index is 0. The van der Waals surface area contributed by atoms with Crippen molar-refractivity contribution in [3.63, 3.8) is 0 Å². The van der Waals surface area contributed by atoms with Gasteiger partial charge in [-0.3, -0.25) is 0 Å². The molecule has 0 radical (unpaired) electrons. The van der Waals surface area contributed by atoms with Gasteiger partial charge < -0.3 is 14.8 Å². The van der Waals surface area contributed by atoms with Crippen molar-refractivity contribution in [1.29, 1.82) is 0 Å². The van der Waals surface area contributed by atoms with Crippen molar-refractivity contribution in [2.75, 3.05) is 20.1 Å². The van der Waals surface area contributed by atoms with E-state index in [0.29, 0.717) is 6.54 Å². The molecule has 6 nitrogen and oxygen atoms in total. The number of aliphatic imine (C=N–C) groups is 1. The van der Waals surface area contributed by atoms with E-state index in [2.05, 4.69) is 45.9 Å². The SMILES string of the molecule is CCNC(=NCc1nnc2n1CCCCC2)N(C)CC1CCC(C)CC1.I. The maximum Gasteiger partial charge on any atom is 0.194 e. The van der Waals surface area contributed by atoms with Gasteiger partial charge in [0.25, 0.3) is 0 Å². The molecule has 0 unspecified atom stereocenters. The molecule has 2 aliphatic rings. The lowest BCUT2D eigenvalue weighted by molar-refractivity contribution is 0.250. The van der Waals surface area contributed by atoms with Gasteiger partial charge in [-0.2, -0.15) is 0 Å². The lowest BCUT2D eigenvalue weighted by atomic mass is 9.83. The summed E-state index contributed by atoms with van der Waals surface area (Å²) in [4.78, 5) is 7.19. The first-order valence-electron chi connectivity index (χ1n) is 10.6. The monoisotopic (exact) mass is 488 g/mol. The molecule has 1 aromatic heterocycles. The average molecular weight is 488 g/mol. The molecule has 27 heavy (non-hydrogen) atoms. The Hall–Kier alpha value is -0.860. The van der Waals surface area contributed by atoms with Gasteiger partial charge in [-0.1, -0.05) is 26.2 Å². The van der Waals surface area contributed by atoms with Gasteiger partial charge in [0.1, 0.15) is 12.4 Å². The van der Waals surface area contributed by atoms with Crippen LogP contribution in [0.25, 0.3) is 0 Å². The predicted octanol–water partition coefficient (Wildman–Crippen LogP) is 3.85. The highest BCUT2D eigenvalue weighted by atomic mass is 127. The van der Waals surface area contributed by atoms with Gasteiger partial charge in [0.15, 0.2) is 11.8 Å². The highest BCUT2D eigenvalue weighted by Gasteiger charge is 2.21. The summed E-state index contributed by atoms with van der Waals surface area (Å²) < 4.78 is 2.29. The Bertz CT molecular complexity index is 591. The highest BCUT2D eigenvalue weighted by molar-refractivity contribution is 14.0. The second kappa shape index (κ2) is 11.2. The molecular weight excluding hydrogens is 451 g/mol. The Morgan fingerprint density at radius 3 is 2.70 bits per heavy atom. The summed E-state index contributed by atoms with van der Waals surface area (Å²) in [5, 5.41) is 12.3. The van der Waals surface area contributed by atoms with Crippen LogP contribution in [0, 0.1) is 11.8 Å². The standard InChI is InChI=1S/C20H36N6.HI/c1-4-21-20(25(3)15-17-11-9-16(2)10-12-17)22-14-19-24-23-18-8-6-5-7-13-26(18)19;/h16-17H,4-15H2,1-3H3,(H,21,22);1H. The lowest BCUT2D eigenvalue weighted by Crippen LogP contribution is -2.41. The Labute approximate surface area is 181 Å². The minimum absolute atomic E-state index is 0. The summed E-state index contributed by atoms with van der Waals surface area (Å²) in [5.41, 5.74) is 0. The Kier molecular flexibility index (Phi) is 9.32. The van der Waals surface area contributed by atoms with Gasteiger partial charge in [-0.15, -0.1) is 34.2 Å². The van der Waals surface area contributed by atoms with E-state index >= 15 is 0 Å². The van der Waals surface area contributed by atoms with Crippen LogP contribution in [0.3, 0.4) is 0 Å². The smallest absolute Gasteiger partial charge is 0.194 e. The van der Waals surface area contributed by atoms with Crippen molar-refractivity contribution < 1.29 is 0 Å². The van der Waals surface area contributed by atoms with Crippen LogP contribution in [0.1, 0.15) is 70.4 Å². The number of fused-ring (bicyclic) bond motifs is 1. The van der Waals surface area contributed by atoms with E-state index in [9.17, 15) is 0 Å².